The van der Waals surface area contributed by atoms with Crippen molar-refractivity contribution in [3.05, 3.63) is 30.5 Å². The van der Waals surface area contributed by atoms with E-state index in [1.165, 1.54) is 0 Å². The van der Waals surface area contributed by atoms with Gasteiger partial charge < -0.3 is 14.4 Å². The van der Waals surface area contributed by atoms with E-state index in [0.29, 0.717) is 25.5 Å². The number of carbonyl (C=O) groups excluding carboxylic acids is 1. The van der Waals surface area contributed by atoms with E-state index in [4.69, 9.17) is 24.6 Å². The number of carbonyl (C=O) groups is 1. The zero-order chi connectivity index (χ0) is 23.0. The second-order valence-electron chi connectivity index (χ2n) is 8.00. The highest BCUT2D eigenvalue weighted by Crippen LogP contribution is 2.29. The van der Waals surface area contributed by atoms with Crippen LogP contribution in [0.15, 0.2) is 30.5 Å². The van der Waals surface area contributed by atoms with Crippen LogP contribution in [0, 0.1) is 0 Å². The highest BCUT2D eigenvalue weighted by atomic mass is 16.5. The fourth-order valence-electron chi connectivity index (χ4n) is 3.95. The number of methoxy groups -OCH3 is 1. The molecule has 0 aliphatic carbocycles. The van der Waals surface area contributed by atoms with Crippen LogP contribution in [0.25, 0.3) is 22.4 Å². The summed E-state index contributed by atoms with van der Waals surface area (Å²) in [5.41, 5.74) is 3.40. The number of aromatic nitrogens is 4. The van der Waals surface area contributed by atoms with Crippen LogP contribution in [0.5, 0.6) is 5.75 Å². The largest absolute Gasteiger partial charge is 0.497 e. The predicted molar refractivity (Wildman–Crippen MR) is 123 cm³/mol. The number of nitrogens with zero attached hydrogens (tertiary/aromatic N) is 5. The molecule has 0 spiro atoms. The van der Waals surface area contributed by atoms with Gasteiger partial charge in [-0.3, -0.25) is 10.0 Å². The molecule has 10 heteroatoms. The molecule has 3 aromatic rings. The molecule has 1 fully saturated rings. The second kappa shape index (κ2) is 11.1. The average Bonchev–Trinajstić information content (AvgIpc) is 3.28. The van der Waals surface area contributed by atoms with Crippen molar-refractivity contribution in [1.82, 2.24) is 25.2 Å². The van der Waals surface area contributed by atoms with Crippen LogP contribution >= 0.6 is 0 Å². The predicted octanol–water partition coefficient (Wildman–Crippen LogP) is 2.79. The molecule has 0 unspecified atom stereocenters. The lowest BCUT2D eigenvalue weighted by molar-refractivity contribution is -0.129. The van der Waals surface area contributed by atoms with Crippen LogP contribution < -0.4 is 15.1 Å². The van der Waals surface area contributed by atoms with Crippen LogP contribution in [0.1, 0.15) is 32.1 Å². The fourth-order valence-corrected chi connectivity index (χ4v) is 3.95. The van der Waals surface area contributed by atoms with Gasteiger partial charge in [-0.05, 0) is 37.1 Å². The molecule has 1 aliphatic rings. The lowest BCUT2D eigenvalue weighted by atomic mass is 10.1. The van der Waals surface area contributed by atoms with Gasteiger partial charge in [0.05, 0.1) is 31.9 Å². The number of benzene rings is 1. The summed E-state index contributed by atoms with van der Waals surface area (Å²) in [5.74, 6) is 1.99. The van der Waals surface area contributed by atoms with E-state index in [1.54, 1.807) is 12.6 Å². The quantitative estimate of drug-likeness (QED) is 0.273. The number of rotatable bonds is 10. The van der Waals surface area contributed by atoms with E-state index < -0.39 is 0 Å². The first-order valence-corrected chi connectivity index (χ1v) is 11.3. The van der Waals surface area contributed by atoms with E-state index in [9.17, 15) is 4.79 Å². The molecule has 0 atom stereocenters. The first-order valence-electron chi connectivity index (χ1n) is 11.3. The van der Waals surface area contributed by atoms with E-state index in [0.717, 1.165) is 73.5 Å². The van der Waals surface area contributed by atoms with Crippen molar-refractivity contribution in [2.75, 3.05) is 38.3 Å². The van der Waals surface area contributed by atoms with Gasteiger partial charge in [-0.15, -0.1) is 0 Å². The lowest BCUT2D eigenvalue weighted by Gasteiger charge is -2.28. The van der Waals surface area contributed by atoms with Crippen molar-refractivity contribution in [3.63, 3.8) is 0 Å². The van der Waals surface area contributed by atoms with Crippen molar-refractivity contribution in [3.8, 4) is 17.1 Å². The molecule has 1 aliphatic heterocycles. The number of anilines is 1. The van der Waals surface area contributed by atoms with Crippen LogP contribution in [0.2, 0.25) is 0 Å². The molecule has 1 aromatic carbocycles. The van der Waals surface area contributed by atoms with Crippen LogP contribution in [0.3, 0.4) is 0 Å². The fraction of sp³-hybridized carbons (Fsp3) is 0.478. The van der Waals surface area contributed by atoms with Gasteiger partial charge in [0.2, 0.25) is 5.91 Å². The number of hydroxylamine groups is 1. The number of ether oxygens (including phenoxy) is 2. The molecule has 2 aromatic heterocycles. The van der Waals surface area contributed by atoms with Crippen molar-refractivity contribution >= 4 is 22.8 Å². The van der Waals surface area contributed by atoms with Crippen LogP contribution in [-0.4, -0.2) is 64.3 Å². The number of unbranched alkanes of at least 4 members (excludes halogenated alkanes) is 3. The molecule has 0 bridgehead atoms. The standard InChI is InChI=1S/C23H30N6O4/c1-32-18-9-7-17(8-10-18)21-25-22(28-12-14-33-15-13-28)19-16-24-29(23(19)26-21)11-5-3-2-4-6-20(30)27-31/h7-10,16,31H,2-6,11-15H2,1H3,(H,27,30). The summed E-state index contributed by atoms with van der Waals surface area (Å²) >= 11 is 0. The average molecular weight is 455 g/mol. The summed E-state index contributed by atoms with van der Waals surface area (Å²) in [6, 6.07) is 7.75. The summed E-state index contributed by atoms with van der Waals surface area (Å²) in [6.45, 7) is 3.64. The van der Waals surface area contributed by atoms with Gasteiger partial charge in [0.1, 0.15) is 11.6 Å². The Balaban J connectivity index is 1.56. The minimum Gasteiger partial charge on any atom is -0.497 e. The lowest BCUT2D eigenvalue weighted by Crippen LogP contribution is -2.37. The third-order valence-electron chi connectivity index (χ3n) is 5.78. The van der Waals surface area contributed by atoms with Crippen molar-refractivity contribution < 1.29 is 19.5 Å². The Morgan fingerprint density at radius 1 is 1.12 bits per heavy atom. The smallest absolute Gasteiger partial charge is 0.243 e. The molecular formula is C23H30N6O4. The topological polar surface area (TPSA) is 115 Å². The van der Waals surface area contributed by atoms with Crippen molar-refractivity contribution in [2.45, 2.75) is 38.6 Å². The molecule has 33 heavy (non-hydrogen) atoms. The minimum atomic E-state index is -0.341. The van der Waals surface area contributed by atoms with Gasteiger partial charge in [0.15, 0.2) is 11.5 Å². The van der Waals surface area contributed by atoms with Gasteiger partial charge >= 0.3 is 0 Å². The van der Waals surface area contributed by atoms with Gasteiger partial charge in [-0.2, -0.15) is 5.10 Å². The highest BCUT2D eigenvalue weighted by Gasteiger charge is 2.20. The Labute approximate surface area is 192 Å². The first kappa shape index (κ1) is 22.9. The number of morpholine rings is 1. The van der Waals surface area contributed by atoms with Crippen molar-refractivity contribution in [1.29, 1.82) is 0 Å². The summed E-state index contributed by atoms with van der Waals surface area (Å²) in [6.07, 6.45) is 5.74. The Kier molecular flexibility index (Phi) is 7.69. The molecule has 176 valence electrons. The molecule has 1 saturated heterocycles. The Morgan fingerprint density at radius 3 is 2.61 bits per heavy atom. The maximum Gasteiger partial charge on any atom is 0.243 e. The molecular weight excluding hydrogens is 424 g/mol. The molecule has 0 saturated carbocycles. The number of hydrogen-bond acceptors (Lipinski definition) is 8. The molecule has 4 rings (SSSR count). The molecule has 2 N–H and O–H groups in total. The first-order chi connectivity index (χ1) is 16.2. The normalized spacial score (nSPS) is 13.9. The van der Waals surface area contributed by atoms with Gasteiger partial charge in [0.25, 0.3) is 0 Å². The van der Waals surface area contributed by atoms with Crippen LogP contribution in [-0.2, 0) is 16.1 Å². The van der Waals surface area contributed by atoms with Crippen LogP contribution in [0.4, 0.5) is 5.82 Å². The molecule has 1 amide bonds. The molecule has 0 radical (unpaired) electrons. The van der Waals surface area contributed by atoms with E-state index in [-0.39, 0.29) is 5.91 Å². The Hall–Kier alpha value is -3.24. The van der Waals surface area contributed by atoms with Gasteiger partial charge in [0, 0.05) is 31.6 Å². The summed E-state index contributed by atoms with van der Waals surface area (Å²) in [4.78, 5) is 23.1. The summed E-state index contributed by atoms with van der Waals surface area (Å²) < 4.78 is 12.7. The van der Waals surface area contributed by atoms with E-state index >= 15 is 0 Å². The third kappa shape index (κ3) is 5.58. The number of amides is 1. The number of nitrogens with one attached hydrogen (secondary N) is 1. The zero-order valence-electron chi connectivity index (χ0n) is 18.9. The second-order valence-corrected chi connectivity index (χ2v) is 8.00. The molecule has 10 nitrogen and oxygen atoms in total. The van der Waals surface area contributed by atoms with Gasteiger partial charge in [-0.1, -0.05) is 12.8 Å². The highest BCUT2D eigenvalue weighted by molar-refractivity contribution is 5.88. The van der Waals surface area contributed by atoms with E-state index in [1.807, 2.05) is 35.1 Å². The zero-order valence-corrected chi connectivity index (χ0v) is 18.9. The van der Waals surface area contributed by atoms with Crippen molar-refractivity contribution in [2.24, 2.45) is 0 Å². The maximum absolute atomic E-state index is 11.1. The summed E-state index contributed by atoms with van der Waals surface area (Å²) in [5, 5.41) is 14.1. The number of hydrogen-bond donors (Lipinski definition) is 2. The summed E-state index contributed by atoms with van der Waals surface area (Å²) in [7, 11) is 1.65. The SMILES string of the molecule is COc1ccc(-c2nc(N3CCOCC3)c3cnn(CCCCCCC(=O)NO)c3n2)cc1. The minimum absolute atomic E-state index is 0.336. The number of aryl methyl sites for hydroxylation is 1. The third-order valence-corrected chi connectivity index (χ3v) is 5.78. The molecule has 3 heterocycles. The van der Waals surface area contributed by atoms with E-state index in [2.05, 4.69) is 10.00 Å². The maximum atomic E-state index is 11.1. The van der Waals surface area contributed by atoms with Gasteiger partial charge in [-0.25, -0.2) is 20.1 Å². The number of fused-ring (bicyclic) bond motifs is 1. The monoisotopic (exact) mass is 454 g/mol. The Bertz CT molecular complexity index is 1060. The Morgan fingerprint density at radius 2 is 1.88 bits per heavy atom.